The topological polar surface area (TPSA) is 52.5 Å². The lowest BCUT2D eigenvalue weighted by molar-refractivity contribution is 0.0849. The SMILES string of the molecule is C[C@H](O)CCCCCCCCCCCC[C@@H]1CC[C@H](O)[C@H](C)N1. The molecule has 0 aromatic carbocycles. The fourth-order valence-corrected chi connectivity index (χ4v) is 3.66. The van der Waals surface area contributed by atoms with Crippen LogP contribution in [-0.2, 0) is 0 Å². The van der Waals surface area contributed by atoms with Crippen LogP contribution in [0.4, 0.5) is 0 Å². The number of piperidine rings is 1. The molecule has 4 atom stereocenters. The van der Waals surface area contributed by atoms with Crippen LogP contribution in [0.3, 0.4) is 0 Å². The molecule has 3 nitrogen and oxygen atoms in total. The molecule has 1 fully saturated rings. The van der Waals surface area contributed by atoms with Gasteiger partial charge in [0.2, 0.25) is 0 Å². The van der Waals surface area contributed by atoms with Gasteiger partial charge < -0.3 is 15.5 Å². The molecule has 23 heavy (non-hydrogen) atoms. The Morgan fingerprint density at radius 3 is 1.91 bits per heavy atom. The average Bonchev–Trinajstić information content (AvgIpc) is 2.51. The summed E-state index contributed by atoms with van der Waals surface area (Å²) in [6.07, 6.45) is 17.5. The third-order valence-corrected chi connectivity index (χ3v) is 5.31. The molecule has 1 heterocycles. The average molecular weight is 328 g/mol. The Hall–Kier alpha value is -0.120. The molecule has 0 saturated carbocycles. The van der Waals surface area contributed by atoms with Gasteiger partial charge in [0.15, 0.2) is 0 Å². The van der Waals surface area contributed by atoms with Gasteiger partial charge in [-0.2, -0.15) is 0 Å². The molecule has 0 aromatic heterocycles. The number of hydrogen-bond acceptors (Lipinski definition) is 3. The number of nitrogens with one attached hydrogen (secondary N) is 1. The Kier molecular flexibility index (Phi) is 12.0. The van der Waals surface area contributed by atoms with Crippen LogP contribution in [0.2, 0.25) is 0 Å². The quantitative estimate of drug-likeness (QED) is 0.435. The Bertz CT molecular complexity index is 270. The van der Waals surface area contributed by atoms with E-state index in [-0.39, 0.29) is 18.2 Å². The van der Waals surface area contributed by atoms with Crippen molar-refractivity contribution in [1.82, 2.24) is 5.32 Å². The second-order valence-electron chi connectivity index (χ2n) is 7.76. The minimum Gasteiger partial charge on any atom is -0.393 e. The van der Waals surface area contributed by atoms with Crippen LogP contribution in [0.25, 0.3) is 0 Å². The Morgan fingerprint density at radius 1 is 0.870 bits per heavy atom. The summed E-state index contributed by atoms with van der Waals surface area (Å²) in [4.78, 5) is 0. The van der Waals surface area contributed by atoms with Crippen molar-refractivity contribution >= 4 is 0 Å². The zero-order valence-electron chi connectivity index (χ0n) is 15.6. The molecular weight excluding hydrogens is 286 g/mol. The fourth-order valence-electron chi connectivity index (χ4n) is 3.66. The van der Waals surface area contributed by atoms with Crippen LogP contribution >= 0.6 is 0 Å². The number of aliphatic hydroxyl groups excluding tert-OH is 2. The van der Waals surface area contributed by atoms with E-state index in [0.717, 1.165) is 19.3 Å². The molecule has 0 aliphatic carbocycles. The maximum atomic E-state index is 9.71. The second kappa shape index (κ2) is 13.2. The van der Waals surface area contributed by atoms with Crippen LogP contribution < -0.4 is 5.32 Å². The Labute approximate surface area is 144 Å². The van der Waals surface area contributed by atoms with Crippen molar-refractivity contribution in [3.8, 4) is 0 Å². The zero-order chi connectivity index (χ0) is 16.9. The van der Waals surface area contributed by atoms with Gasteiger partial charge in [0, 0.05) is 12.1 Å². The van der Waals surface area contributed by atoms with Crippen molar-refractivity contribution in [3.05, 3.63) is 0 Å². The first kappa shape index (κ1) is 20.9. The molecule has 0 radical (unpaired) electrons. The van der Waals surface area contributed by atoms with Gasteiger partial charge in [0.25, 0.3) is 0 Å². The highest BCUT2D eigenvalue weighted by Gasteiger charge is 2.24. The minimum atomic E-state index is -0.140. The monoisotopic (exact) mass is 327 g/mol. The second-order valence-corrected chi connectivity index (χ2v) is 7.76. The lowest BCUT2D eigenvalue weighted by Gasteiger charge is -2.32. The largest absolute Gasteiger partial charge is 0.393 e. The first-order chi connectivity index (χ1) is 11.1. The van der Waals surface area contributed by atoms with Crippen LogP contribution in [0, 0.1) is 0 Å². The third kappa shape index (κ3) is 11.1. The van der Waals surface area contributed by atoms with Crippen LogP contribution in [0.1, 0.15) is 104 Å². The van der Waals surface area contributed by atoms with Gasteiger partial charge >= 0.3 is 0 Å². The number of aliphatic hydroxyl groups is 2. The highest BCUT2D eigenvalue weighted by Crippen LogP contribution is 2.18. The van der Waals surface area contributed by atoms with Gasteiger partial charge in [-0.15, -0.1) is 0 Å². The normalized spacial score (nSPS) is 26.3. The molecule has 3 heteroatoms. The maximum Gasteiger partial charge on any atom is 0.0691 e. The van der Waals surface area contributed by atoms with Gasteiger partial charge in [-0.25, -0.2) is 0 Å². The molecule has 0 aromatic rings. The summed E-state index contributed by atoms with van der Waals surface area (Å²) >= 11 is 0. The van der Waals surface area contributed by atoms with Crippen LogP contribution in [-0.4, -0.2) is 34.5 Å². The van der Waals surface area contributed by atoms with Crippen LogP contribution in [0.5, 0.6) is 0 Å². The summed E-state index contributed by atoms with van der Waals surface area (Å²) < 4.78 is 0. The van der Waals surface area contributed by atoms with Gasteiger partial charge in [-0.05, 0) is 39.5 Å². The molecule has 1 aliphatic rings. The zero-order valence-corrected chi connectivity index (χ0v) is 15.6. The highest BCUT2D eigenvalue weighted by molar-refractivity contribution is 4.83. The van der Waals surface area contributed by atoms with Crippen molar-refractivity contribution in [1.29, 1.82) is 0 Å². The molecular formula is C20H41NO2. The van der Waals surface area contributed by atoms with Gasteiger partial charge in [0.1, 0.15) is 0 Å². The van der Waals surface area contributed by atoms with E-state index in [0.29, 0.717) is 6.04 Å². The Morgan fingerprint density at radius 2 is 1.39 bits per heavy atom. The van der Waals surface area contributed by atoms with Gasteiger partial charge in [0.05, 0.1) is 12.2 Å². The summed E-state index contributed by atoms with van der Waals surface area (Å²) in [6, 6.07) is 0.907. The summed E-state index contributed by atoms with van der Waals surface area (Å²) in [7, 11) is 0. The first-order valence-corrected chi connectivity index (χ1v) is 10.2. The van der Waals surface area contributed by atoms with Gasteiger partial charge in [-0.3, -0.25) is 0 Å². The maximum absolute atomic E-state index is 9.71. The summed E-state index contributed by atoms with van der Waals surface area (Å²) in [6.45, 7) is 3.98. The minimum absolute atomic E-state index is 0.118. The number of hydrogen-bond donors (Lipinski definition) is 3. The standard InChI is InChI=1S/C20H41NO2/c1-17(22)13-11-9-7-5-3-4-6-8-10-12-14-19-15-16-20(23)18(2)21-19/h17-23H,3-16H2,1-2H3/t17-,18-,19+,20-/m0/s1. The fraction of sp³-hybridized carbons (Fsp3) is 1.00. The summed E-state index contributed by atoms with van der Waals surface area (Å²) in [5.41, 5.74) is 0. The van der Waals surface area contributed by atoms with E-state index in [9.17, 15) is 10.2 Å². The van der Waals surface area contributed by atoms with E-state index in [2.05, 4.69) is 12.2 Å². The Balaban J connectivity index is 1.78. The smallest absolute Gasteiger partial charge is 0.0691 e. The summed E-state index contributed by atoms with van der Waals surface area (Å²) in [5, 5.41) is 22.4. The molecule has 1 aliphatic heterocycles. The third-order valence-electron chi connectivity index (χ3n) is 5.31. The molecule has 0 spiro atoms. The molecule has 0 unspecified atom stereocenters. The van der Waals surface area contributed by atoms with E-state index in [1.54, 1.807) is 0 Å². The molecule has 1 rings (SSSR count). The predicted octanol–water partition coefficient (Wildman–Crippen LogP) is 4.55. The van der Waals surface area contributed by atoms with Crippen molar-refractivity contribution in [2.45, 2.75) is 128 Å². The van der Waals surface area contributed by atoms with Gasteiger partial charge in [-0.1, -0.05) is 64.2 Å². The van der Waals surface area contributed by atoms with Crippen molar-refractivity contribution < 1.29 is 10.2 Å². The summed E-state index contributed by atoms with van der Waals surface area (Å²) in [5.74, 6) is 0. The molecule has 0 bridgehead atoms. The van der Waals surface area contributed by atoms with E-state index in [1.165, 1.54) is 70.6 Å². The van der Waals surface area contributed by atoms with E-state index in [4.69, 9.17) is 0 Å². The number of unbranched alkanes of at least 4 members (excludes halogenated alkanes) is 9. The van der Waals surface area contributed by atoms with E-state index in [1.807, 2.05) is 6.92 Å². The number of rotatable bonds is 13. The van der Waals surface area contributed by atoms with E-state index < -0.39 is 0 Å². The molecule has 3 N–H and O–H groups in total. The first-order valence-electron chi connectivity index (χ1n) is 10.2. The van der Waals surface area contributed by atoms with Crippen molar-refractivity contribution in [2.75, 3.05) is 0 Å². The van der Waals surface area contributed by atoms with E-state index >= 15 is 0 Å². The molecule has 1 saturated heterocycles. The molecule has 0 amide bonds. The lowest BCUT2D eigenvalue weighted by Crippen LogP contribution is -2.48. The van der Waals surface area contributed by atoms with Crippen molar-refractivity contribution in [3.63, 3.8) is 0 Å². The lowest BCUT2D eigenvalue weighted by atomic mass is 9.93. The highest BCUT2D eigenvalue weighted by atomic mass is 16.3. The van der Waals surface area contributed by atoms with Crippen LogP contribution in [0.15, 0.2) is 0 Å². The molecule has 138 valence electrons. The van der Waals surface area contributed by atoms with Crippen molar-refractivity contribution in [2.24, 2.45) is 0 Å². The predicted molar refractivity (Wildman–Crippen MR) is 98.7 cm³/mol.